The van der Waals surface area contributed by atoms with Gasteiger partial charge in [0.05, 0.1) is 22.9 Å². The molecular formula is C22H25Cl2NO4S. The van der Waals surface area contributed by atoms with Gasteiger partial charge >= 0.3 is 0 Å². The van der Waals surface area contributed by atoms with E-state index in [4.69, 9.17) is 27.4 Å². The molecule has 0 aromatic heterocycles. The van der Waals surface area contributed by atoms with Crippen LogP contribution in [0.5, 0.6) is 0 Å². The van der Waals surface area contributed by atoms with Gasteiger partial charge in [-0.1, -0.05) is 59.6 Å². The van der Waals surface area contributed by atoms with Gasteiger partial charge < -0.3 is 4.90 Å². The number of hydrogen-bond donors (Lipinski definition) is 0. The molecule has 0 saturated carbocycles. The Labute approximate surface area is 188 Å². The van der Waals surface area contributed by atoms with Crippen LogP contribution < -0.4 is 0 Å². The minimum atomic E-state index is -3.48. The fourth-order valence-corrected chi connectivity index (χ4v) is 4.60. The van der Waals surface area contributed by atoms with Gasteiger partial charge in [0, 0.05) is 24.9 Å². The fraction of sp³-hybridized carbons (Fsp3) is 0.409. The Morgan fingerprint density at radius 2 is 1.83 bits per heavy atom. The molecule has 2 unspecified atom stereocenters. The molecule has 162 valence electrons. The Bertz CT molecular complexity index is 982. The summed E-state index contributed by atoms with van der Waals surface area (Å²) in [6.07, 6.45) is 2.77. The number of likely N-dealkylation sites (tertiary alicyclic amines) is 1. The van der Waals surface area contributed by atoms with Gasteiger partial charge in [-0.15, -0.1) is 0 Å². The maximum atomic E-state index is 13.1. The van der Waals surface area contributed by atoms with Gasteiger partial charge in [-0.3, -0.25) is 8.98 Å². The van der Waals surface area contributed by atoms with Crippen LogP contribution in [0.15, 0.2) is 48.5 Å². The number of rotatable bonds is 8. The summed E-state index contributed by atoms with van der Waals surface area (Å²) in [6.45, 7) is 1.22. The summed E-state index contributed by atoms with van der Waals surface area (Å²) in [6, 6.07) is 15.5. The molecule has 1 aliphatic heterocycles. The highest BCUT2D eigenvalue weighted by atomic mass is 35.5. The predicted octanol–water partition coefficient (Wildman–Crippen LogP) is 4.88. The van der Waals surface area contributed by atoms with Crippen molar-refractivity contribution >= 4 is 39.2 Å². The van der Waals surface area contributed by atoms with E-state index in [1.54, 1.807) is 6.07 Å². The van der Waals surface area contributed by atoms with Gasteiger partial charge in [-0.25, -0.2) is 0 Å². The number of benzene rings is 2. The third-order valence-electron chi connectivity index (χ3n) is 5.30. The van der Waals surface area contributed by atoms with E-state index in [1.165, 1.54) is 0 Å². The van der Waals surface area contributed by atoms with Gasteiger partial charge in [0.2, 0.25) is 5.91 Å². The van der Waals surface area contributed by atoms with Gasteiger partial charge in [0.25, 0.3) is 10.1 Å². The Balaban J connectivity index is 1.76. The number of amides is 1. The molecule has 2 aromatic rings. The lowest BCUT2D eigenvalue weighted by molar-refractivity contribution is -0.140. The average molecular weight is 470 g/mol. The minimum Gasteiger partial charge on any atom is -0.338 e. The second-order valence-corrected chi connectivity index (χ2v) is 10.1. The molecule has 3 rings (SSSR count). The Kier molecular flexibility index (Phi) is 7.80. The Morgan fingerprint density at radius 3 is 2.50 bits per heavy atom. The van der Waals surface area contributed by atoms with Gasteiger partial charge in [0.1, 0.15) is 0 Å². The third-order valence-corrected chi connectivity index (χ3v) is 6.63. The molecule has 1 amide bonds. The first kappa shape index (κ1) is 23.1. The summed E-state index contributed by atoms with van der Waals surface area (Å²) in [5.41, 5.74) is 2.12. The quantitative estimate of drug-likeness (QED) is 0.408. The smallest absolute Gasteiger partial charge is 0.264 e. The number of halogens is 2. The molecule has 8 heteroatoms. The number of nitrogens with zero attached hydrogens (tertiary/aromatic N) is 1. The van der Waals surface area contributed by atoms with Crippen LogP contribution in [-0.2, 0) is 25.6 Å². The maximum Gasteiger partial charge on any atom is 0.264 e. The Hall–Kier alpha value is -1.60. The third kappa shape index (κ3) is 6.45. The van der Waals surface area contributed by atoms with Crippen LogP contribution in [0.1, 0.15) is 36.3 Å². The summed E-state index contributed by atoms with van der Waals surface area (Å²) in [4.78, 5) is 15.0. The van der Waals surface area contributed by atoms with E-state index in [0.29, 0.717) is 42.4 Å². The lowest BCUT2D eigenvalue weighted by atomic mass is 9.82. The normalized spacial score (nSPS) is 19.8. The molecule has 2 atom stereocenters. The van der Waals surface area contributed by atoms with Crippen LogP contribution in [0.4, 0.5) is 0 Å². The van der Waals surface area contributed by atoms with Crippen molar-refractivity contribution in [3.05, 3.63) is 69.7 Å². The van der Waals surface area contributed by atoms with E-state index in [-0.39, 0.29) is 24.3 Å². The molecule has 0 radical (unpaired) electrons. The lowest BCUT2D eigenvalue weighted by Gasteiger charge is -2.38. The first-order valence-electron chi connectivity index (χ1n) is 9.85. The van der Waals surface area contributed by atoms with Crippen molar-refractivity contribution in [3.63, 3.8) is 0 Å². The molecule has 2 aromatic carbocycles. The van der Waals surface area contributed by atoms with Crippen molar-refractivity contribution in [1.82, 2.24) is 4.90 Å². The second kappa shape index (κ2) is 10.1. The molecular weight excluding hydrogens is 445 g/mol. The van der Waals surface area contributed by atoms with Crippen molar-refractivity contribution in [2.45, 2.75) is 31.7 Å². The molecule has 5 nitrogen and oxygen atoms in total. The van der Waals surface area contributed by atoms with E-state index in [1.807, 2.05) is 47.4 Å². The molecule has 1 aliphatic rings. The van der Waals surface area contributed by atoms with Crippen molar-refractivity contribution in [2.24, 2.45) is 5.92 Å². The zero-order valence-corrected chi connectivity index (χ0v) is 19.1. The first-order chi connectivity index (χ1) is 14.2. The number of hydrogen-bond acceptors (Lipinski definition) is 4. The summed E-state index contributed by atoms with van der Waals surface area (Å²) in [7, 11) is -3.48. The van der Waals surface area contributed by atoms with E-state index >= 15 is 0 Å². The second-order valence-electron chi connectivity index (χ2n) is 7.68. The van der Waals surface area contributed by atoms with E-state index in [9.17, 15) is 13.2 Å². The van der Waals surface area contributed by atoms with Gasteiger partial charge in [0.15, 0.2) is 0 Å². The maximum absolute atomic E-state index is 13.1. The Morgan fingerprint density at radius 1 is 1.10 bits per heavy atom. The van der Waals surface area contributed by atoms with Crippen molar-refractivity contribution in [3.8, 4) is 0 Å². The summed E-state index contributed by atoms with van der Waals surface area (Å²) >= 11 is 12.3. The summed E-state index contributed by atoms with van der Waals surface area (Å²) < 4.78 is 27.2. The highest BCUT2D eigenvalue weighted by Crippen LogP contribution is 2.36. The average Bonchev–Trinajstić information content (AvgIpc) is 2.70. The van der Waals surface area contributed by atoms with Gasteiger partial charge in [-0.2, -0.15) is 8.42 Å². The van der Waals surface area contributed by atoms with Crippen LogP contribution in [-0.4, -0.2) is 38.6 Å². The monoisotopic (exact) mass is 469 g/mol. The molecule has 0 spiro atoms. The van der Waals surface area contributed by atoms with Crippen molar-refractivity contribution in [2.75, 3.05) is 19.4 Å². The molecule has 1 saturated heterocycles. The summed E-state index contributed by atoms with van der Waals surface area (Å²) in [5, 5.41) is 1.00. The fourth-order valence-electron chi connectivity index (χ4n) is 3.87. The van der Waals surface area contributed by atoms with Crippen LogP contribution in [0.25, 0.3) is 0 Å². The topological polar surface area (TPSA) is 63.7 Å². The van der Waals surface area contributed by atoms with Crippen molar-refractivity contribution in [1.29, 1.82) is 0 Å². The van der Waals surface area contributed by atoms with E-state index in [0.717, 1.165) is 17.4 Å². The van der Waals surface area contributed by atoms with E-state index < -0.39 is 10.1 Å². The zero-order chi connectivity index (χ0) is 21.7. The molecule has 0 N–H and O–H groups in total. The summed E-state index contributed by atoms with van der Waals surface area (Å²) in [5.74, 6) is 0.0154. The van der Waals surface area contributed by atoms with E-state index in [2.05, 4.69) is 0 Å². The number of piperidine rings is 1. The molecule has 1 fully saturated rings. The largest absolute Gasteiger partial charge is 0.338 e. The highest BCUT2D eigenvalue weighted by molar-refractivity contribution is 7.85. The number of carbonyl (C=O) groups excluding carboxylic acids is 1. The molecule has 0 aliphatic carbocycles. The van der Waals surface area contributed by atoms with Crippen LogP contribution in [0.2, 0.25) is 10.0 Å². The standard InChI is InChI=1S/C22H25Cl2NO4S/c1-30(27,28)29-11-5-8-18-12-19(17-9-10-20(23)21(24)13-17)15-25(22(18)26)14-16-6-3-2-4-7-16/h2-4,6-7,9-10,13,18-19H,5,8,11-12,14-15H2,1H3. The lowest BCUT2D eigenvalue weighted by Crippen LogP contribution is -2.44. The zero-order valence-electron chi connectivity index (χ0n) is 16.8. The highest BCUT2D eigenvalue weighted by Gasteiger charge is 2.34. The van der Waals surface area contributed by atoms with Crippen LogP contribution in [0.3, 0.4) is 0 Å². The first-order valence-corrected chi connectivity index (χ1v) is 12.4. The van der Waals surface area contributed by atoms with Crippen LogP contribution >= 0.6 is 23.2 Å². The molecule has 1 heterocycles. The SMILES string of the molecule is CS(=O)(=O)OCCCC1CC(c2ccc(Cl)c(Cl)c2)CN(Cc2ccccc2)C1=O. The van der Waals surface area contributed by atoms with Gasteiger partial charge in [-0.05, 0) is 42.5 Å². The number of carbonyl (C=O) groups is 1. The predicted molar refractivity (Wildman–Crippen MR) is 119 cm³/mol. The molecule has 0 bridgehead atoms. The van der Waals surface area contributed by atoms with Crippen LogP contribution in [0, 0.1) is 5.92 Å². The minimum absolute atomic E-state index is 0.0821. The molecule has 30 heavy (non-hydrogen) atoms. The van der Waals surface area contributed by atoms with Crippen molar-refractivity contribution < 1.29 is 17.4 Å².